The highest BCUT2D eigenvalue weighted by Crippen LogP contribution is 1.96. The second kappa shape index (κ2) is 2.55. The van der Waals surface area contributed by atoms with Crippen LogP contribution in [-0.2, 0) is 7.05 Å². The molecular weight excluding hydrogens is 162 g/mol. The van der Waals surface area contributed by atoms with Crippen LogP contribution in [0.25, 0.3) is 13.2 Å². The predicted molar refractivity (Wildman–Crippen MR) is 47.0 cm³/mol. The summed E-state index contributed by atoms with van der Waals surface area (Å²) in [6.45, 7) is 7.19. The first kappa shape index (κ1) is 8.08. The van der Waals surface area contributed by atoms with Gasteiger partial charge in [-0.15, -0.1) is 0 Å². The van der Waals surface area contributed by atoms with Gasteiger partial charge in [0.05, 0.1) is 0 Å². The summed E-state index contributed by atoms with van der Waals surface area (Å²) in [5.74, 6) is 0. The number of rotatable bonds is 0. The van der Waals surface area contributed by atoms with Crippen molar-refractivity contribution in [3.63, 3.8) is 0 Å². The highest BCUT2D eigenvalue weighted by atomic mass is 35.5. The molecule has 1 aromatic rings. The Bertz CT molecular complexity index is 433. The second-order valence-electron chi connectivity index (χ2n) is 2.34. The number of aromatic nitrogens is 1. The van der Waals surface area contributed by atoms with Crippen LogP contribution in [0.5, 0.6) is 0 Å². The molecule has 0 atom stereocenters. The van der Waals surface area contributed by atoms with Crippen LogP contribution in [0.15, 0.2) is 10.9 Å². The van der Waals surface area contributed by atoms with E-state index in [1.807, 2.05) is 0 Å². The summed E-state index contributed by atoms with van der Waals surface area (Å²) >= 11 is 5.69. The van der Waals surface area contributed by atoms with E-state index in [1.54, 1.807) is 13.1 Å². The van der Waals surface area contributed by atoms with Gasteiger partial charge in [-0.25, -0.2) is 0 Å². The van der Waals surface area contributed by atoms with E-state index in [9.17, 15) is 4.79 Å². The van der Waals surface area contributed by atoms with Crippen LogP contribution in [0.1, 0.15) is 0 Å². The Hall–Kier alpha value is -1.02. The van der Waals surface area contributed by atoms with E-state index < -0.39 is 0 Å². The molecule has 0 aliphatic rings. The van der Waals surface area contributed by atoms with Crippen molar-refractivity contribution in [3.8, 4) is 0 Å². The number of pyridine rings is 1. The first-order valence-electron chi connectivity index (χ1n) is 3.07. The monoisotopic (exact) mass is 169 g/mol. The van der Waals surface area contributed by atoms with Crippen LogP contribution >= 0.6 is 11.6 Å². The van der Waals surface area contributed by atoms with E-state index in [4.69, 9.17) is 11.6 Å². The Balaban J connectivity index is 3.89. The number of nitrogens with zero attached hydrogens (tertiary/aromatic N) is 1. The molecule has 1 rings (SSSR count). The van der Waals surface area contributed by atoms with Crippen LogP contribution in [0.3, 0.4) is 0 Å². The number of halogens is 1. The van der Waals surface area contributed by atoms with Gasteiger partial charge in [0, 0.05) is 12.3 Å². The molecule has 0 amide bonds. The molecule has 0 spiro atoms. The molecule has 11 heavy (non-hydrogen) atoms. The fourth-order valence-electron chi connectivity index (χ4n) is 0.765. The van der Waals surface area contributed by atoms with Crippen molar-refractivity contribution in [1.29, 1.82) is 0 Å². The van der Waals surface area contributed by atoms with Crippen LogP contribution in [0, 0.1) is 0 Å². The van der Waals surface area contributed by atoms with Crippen LogP contribution in [0.2, 0.25) is 5.15 Å². The highest BCUT2D eigenvalue weighted by molar-refractivity contribution is 6.29. The zero-order valence-corrected chi connectivity index (χ0v) is 6.98. The van der Waals surface area contributed by atoms with Crippen LogP contribution < -0.4 is 16.0 Å². The van der Waals surface area contributed by atoms with Crippen molar-refractivity contribution < 1.29 is 0 Å². The van der Waals surface area contributed by atoms with Gasteiger partial charge in [-0.2, -0.15) is 0 Å². The van der Waals surface area contributed by atoms with Crippen LogP contribution in [0.4, 0.5) is 0 Å². The van der Waals surface area contributed by atoms with E-state index in [1.165, 1.54) is 4.57 Å². The number of hydrogen-bond donors (Lipinski definition) is 0. The lowest BCUT2D eigenvalue weighted by atomic mass is 10.3. The molecule has 0 saturated carbocycles. The largest absolute Gasteiger partial charge is 0.302 e. The fraction of sp³-hybridized carbons (Fsp3) is 0.125. The zero-order valence-electron chi connectivity index (χ0n) is 6.22. The SMILES string of the molecule is C=c1cc(Cl)n(C)c(=O)c1=C. The third kappa shape index (κ3) is 1.21. The first-order chi connectivity index (χ1) is 5.04. The lowest BCUT2D eigenvalue weighted by Crippen LogP contribution is -2.42. The molecule has 0 aromatic carbocycles. The molecule has 0 radical (unpaired) electrons. The molecule has 0 unspecified atom stereocenters. The number of hydrogen-bond acceptors (Lipinski definition) is 1. The van der Waals surface area contributed by atoms with Gasteiger partial charge in [0.25, 0.3) is 5.56 Å². The summed E-state index contributed by atoms with van der Waals surface area (Å²) in [5.41, 5.74) is -0.192. The zero-order chi connectivity index (χ0) is 8.59. The Morgan fingerprint density at radius 1 is 1.55 bits per heavy atom. The van der Waals surface area contributed by atoms with Crippen molar-refractivity contribution in [2.24, 2.45) is 7.05 Å². The Morgan fingerprint density at radius 2 is 2.09 bits per heavy atom. The summed E-state index contributed by atoms with van der Waals surface area (Å²) in [5, 5.41) is 1.36. The van der Waals surface area contributed by atoms with Gasteiger partial charge in [-0.05, 0) is 11.3 Å². The van der Waals surface area contributed by atoms with Crippen molar-refractivity contribution in [2.45, 2.75) is 0 Å². The molecule has 58 valence electrons. The van der Waals surface area contributed by atoms with Gasteiger partial charge in [0.15, 0.2) is 0 Å². The molecule has 1 aromatic heterocycles. The molecule has 0 aliphatic carbocycles. The topological polar surface area (TPSA) is 22.0 Å². The average Bonchev–Trinajstić information content (AvgIpc) is 1.97. The predicted octanol–water partition coefficient (Wildman–Crippen LogP) is -0.141. The highest BCUT2D eigenvalue weighted by Gasteiger charge is 1.96. The van der Waals surface area contributed by atoms with E-state index in [0.717, 1.165) is 0 Å². The summed E-state index contributed by atoms with van der Waals surface area (Å²) in [4.78, 5) is 11.2. The average molecular weight is 170 g/mol. The van der Waals surface area contributed by atoms with Gasteiger partial charge in [0.1, 0.15) is 5.15 Å². The normalized spacial score (nSPS) is 10.0. The molecule has 0 aliphatic heterocycles. The molecular formula is C8H8ClNO. The molecule has 2 nitrogen and oxygen atoms in total. The summed E-state index contributed by atoms with van der Waals surface area (Å²) < 4.78 is 1.33. The van der Waals surface area contributed by atoms with Gasteiger partial charge >= 0.3 is 0 Å². The van der Waals surface area contributed by atoms with Gasteiger partial charge in [-0.1, -0.05) is 24.8 Å². The lowest BCUT2D eigenvalue weighted by Gasteiger charge is -1.98. The van der Waals surface area contributed by atoms with Crippen molar-refractivity contribution in [1.82, 2.24) is 4.57 Å². The quantitative estimate of drug-likeness (QED) is 0.496. The molecule has 0 bridgehead atoms. The molecule has 3 heteroatoms. The third-order valence-corrected chi connectivity index (χ3v) is 1.93. The molecule has 0 saturated heterocycles. The maximum absolute atomic E-state index is 11.2. The minimum absolute atomic E-state index is 0.192. The summed E-state index contributed by atoms with van der Waals surface area (Å²) in [6, 6.07) is 1.62. The summed E-state index contributed by atoms with van der Waals surface area (Å²) in [6.07, 6.45) is 0. The van der Waals surface area contributed by atoms with Crippen molar-refractivity contribution >= 4 is 24.8 Å². The summed E-state index contributed by atoms with van der Waals surface area (Å²) in [7, 11) is 1.60. The maximum Gasteiger partial charge on any atom is 0.258 e. The van der Waals surface area contributed by atoms with E-state index in [0.29, 0.717) is 15.6 Å². The second-order valence-corrected chi connectivity index (χ2v) is 2.72. The van der Waals surface area contributed by atoms with Crippen molar-refractivity contribution in [3.05, 3.63) is 32.0 Å². The Morgan fingerprint density at radius 3 is 2.64 bits per heavy atom. The molecule has 1 heterocycles. The van der Waals surface area contributed by atoms with Crippen LogP contribution in [-0.4, -0.2) is 4.57 Å². The lowest BCUT2D eigenvalue weighted by molar-refractivity contribution is 0.849. The standard InChI is InChI=1S/C8H8ClNO/c1-5-4-7(9)10(3)8(11)6(5)2/h4H,1-2H2,3H3. The third-order valence-electron chi connectivity index (χ3n) is 1.56. The minimum atomic E-state index is -0.192. The van der Waals surface area contributed by atoms with Crippen molar-refractivity contribution in [2.75, 3.05) is 0 Å². The van der Waals surface area contributed by atoms with E-state index in [-0.39, 0.29) is 5.56 Å². The Labute approximate surface area is 69.0 Å². The molecule has 0 fully saturated rings. The minimum Gasteiger partial charge on any atom is -0.302 e. The Kier molecular flexibility index (Phi) is 1.87. The first-order valence-corrected chi connectivity index (χ1v) is 3.45. The van der Waals surface area contributed by atoms with Gasteiger partial charge in [0.2, 0.25) is 0 Å². The van der Waals surface area contributed by atoms with Gasteiger partial charge < -0.3 is 4.57 Å². The maximum atomic E-state index is 11.2. The fourth-order valence-corrected chi connectivity index (χ4v) is 0.973. The smallest absolute Gasteiger partial charge is 0.258 e. The molecule has 0 N–H and O–H groups in total. The van der Waals surface area contributed by atoms with E-state index >= 15 is 0 Å². The van der Waals surface area contributed by atoms with E-state index in [2.05, 4.69) is 13.2 Å². The van der Waals surface area contributed by atoms with Gasteiger partial charge in [-0.3, -0.25) is 4.79 Å².